The molecule has 4 nitrogen and oxygen atoms in total. The van der Waals surface area contributed by atoms with Gasteiger partial charge in [0.2, 0.25) is 0 Å². The number of hydrogen-bond donors (Lipinski definition) is 0. The number of rotatable bonds is 2. The Balaban J connectivity index is 2.34. The van der Waals surface area contributed by atoms with E-state index >= 15 is 0 Å². The van der Waals surface area contributed by atoms with Gasteiger partial charge in [0.15, 0.2) is 5.82 Å². The van der Waals surface area contributed by atoms with Gasteiger partial charge in [-0.2, -0.15) is 5.10 Å². The average Bonchev–Trinajstić information content (AvgIpc) is 2.68. The number of nitrogens with zero attached hydrogens (tertiary/aromatic N) is 4. The first-order valence-electron chi connectivity index (χ1n) is 4.59. The van der Waals surface area contributed by atoms with Gasteiger partial charge in [-0.15, -0.1) is 0 Å². The lowest BCUT2D eigenvalue weighted by atomic mass is 10.1. The molecule has 0 spiro atoms. The highest BCUT2D eigenvalue weighted by Gasteiger charge is 2.04. The zero-order chi connectivity index (χ0) is 9.97. The van der Waals surface area contributed by atoms with Crippen LogP contribution in [0.15, 0.2) is 30.9 Å². The quantitative estimate of drug-likeness (QED) is 0.721. The summed E-state index contributed by atoms with van der Waals surface area (Å²) in [6, 6.07) is 2.00. The van der Waals surface area contributed by atoms with Gasteiger partial charge in [-0.25, -0.2) is 9.67 Å². The summed E-state index contributed by atoms with van der Waals surface area (Å²) in [5.41, 5.74) is 1.07. The van der Waals surface area contributed by atoms with Crippen molar-refractivity contribution in [3.8, 4) is 5.82 Å². The molecule has 0 aliphatic heterocycles. The Morgan fingerprint density at radius 3 is 2.71 bits per heavy atom. The topological polar surface area (TPSA) is 43.6 Å². The zero-order valence-electron chi connectivity index (χ0n) is 8.25. The molecule has 0 saturated carbocycles. The van der Waals surface area contributed by atoms with Gasteiger partial charge in [-0.1, -0.05) is 13.8 Å². The molecule has 4 heteroatoms. The maximum absolute atomic E-state index is 4.39. The van der Waals surface area contributed by atoms with Crippen LogP contribution in [0.25, 0.3) is 5.82 Å². The molecule has 0 fully saturated rings. The van der Waals surface area contributed by atoms with Crippen molar-refractivity contribution in [2.75, 3.05) is 0 Å². The van der Waals surface area contributed by atoms with Crippen molar-refractivity contribution in [1.29, 1.82) is 0 Å². The minimum Gasteiger partial charge on any atom is -0.259 e. The Kier molecular flexibility index (Phi) is 2.26. The molecular formula is C10H12N4. The molecule has 0 aliphatic carbocycles. The van der Waals surface area contributed by atoms with Gasteiger partial charge >= 0.3 is 0 Å². The van der Waals surface area contributed by atoms with Crippen LogP contribution in [0.5, 0.6) is 0 Å². The van der Waals surface area contributed by atoms with E-state index in [1.807, 2.05) is 12.3 Å². The molecule has 0 bridgehead atoms. The Hall–Kier alpha value is -1.71. The van der Waals surface area contributed by atoms with Crippen molar-refractivity contribution in [3.63, 3.8) is 0 Å². The van der Waals surface area contributed by atoms with E-state index in [0.29, 0.717) is 5.92 Å². The molecule has 2 heterocycles. The summed E-state index contributed by atoms with van der Waals surface area (Å²) in [4.78, 5) is 8.15. The smallest absolute Gasteiger partial charge is 0.171 e. The van der Waals surface area contributed by atoms with Gasteiger partial charge in [0, 0.05) is 18.6 Å². The van der Waals surface area contributed by atoms with Crippen LogP contribution in [-0.4, -0.2) is 19.7 Å². The first kappa shape index (κ1) is 8.87. The predicted molar refractivity (Wildman–Crippen MR) is 53.2 cm³/mol. The van der Waals surface area contributed by atoms with Crippen LogP contribution in [0.3, 0.4) is 0 Å². The summed E-state index contributed by atoms with van der Waals surface area (Å²) < 4.78 is 1.74. The lowest BCUT2D eigenvalue weighted by Crippen LogP contribution is -1.99. The van der Waals surface area contributed by atoms with E-state index in [9.17, 15) is 0 Å². The molecule has 0 unspecified atom stereocenters. The third-order valence-corrected chi connectivity index (χ3v) is 1.99. The summed E-state index contributed by atoms with van der Waals surface area (Å²) in [5.74, 6) is 1.19. The summed E-state index contributed by atoms with van der Waals surface area (Å²) in [5, 5.41) is 4.39. The maximum Gasteiger partial charge on any atom is 0.171 e. The summed E-state index contributed by atoms with van der Waals surface area (Å²) in [6.45, 7) is 4.23. The van der Waals surface area contributed by atoms with E-state index in [1.54, 1.807) is 23.3 Å². The van der Waals surface area contributed by atoms with Crippen LogP contribution in [-0.2, 0) is 0 Å². The molecule has 2 aromatic rings. The Labute approximate surface area is 82.6 Å². The first-order valence-corrected chi connectivity index (χ1v) is 4.59. The van der Waals surface area contributed by atoms with Gasteiger partial charge in [0.1, 0.15) is 0 Å². The molecule has 0 radical (unpaired) electrons. The standard InChI is InChI=1S/C10H12N4/c1-8(2)9-3-6-14(13-9)10-7-11-4-5-12-10/h3-8H,1-2H3. The SMILES string of the molecule is CC(C)c1ccn(-c2cnccn2)n1. The normalized spacial score (nSPS) is 10.8. The molecule has 0 amide bonds. The van der Waals surface area contributed by atoms with Crippen LogP contribution in [0.4, 0.5) is 0 Å². The zero-order valence-corrected chi connectivity index (χ0v) is 8.25. The largest absolute Gasteiger partial charge is 0.259 e. The molecule has 0 N–H and O–H groups in total. The molecule has 0 aromatic carbocycles. The minimum absolute atomic E-state index is 0.438. The second kappa shape index (κ2) is 3.57. The Bertz CT molecular complexity index is 405. The van der Waals surface area contributed by atoms with Crippen molar-refractivity contribution >= 4 is 0 Å². The summed E-state index contributed by atoms with van der Waals surface area (Å²) in [7, 11) is 0. The lowest BCUT2D eigenvalue weighted by Gasteiger charge is -1.99. The molecule has 14 heavy (non-hydrogen) atoms. The highest BCUT2D eigenvalue weighted by atomic mass is 15.3. The van der Waals surface area contributed by atoms with Crippen LogP contribution in [0.1, 0.15) is 25.5 Å². The van der Waals surface area contributed by atoms with Gasteiger partial charge in [-0.05, 0) is 12.0 Å². The average molecular weight is 188 g/mol. The fourth-order valence-corrected chi connectivity index (χ4v) is 1.18. The molecule has 0 atom stereocenters. The van der Waals surface area contributed by atoms with Gasteiger partial charge in [-0.3, -0.25) is 4.98 Å². The van der Waals surface area contributed by atoms with Crippen molar-refractivity contribution in [2.24, 2.45) is 0 Å². The van der Waals surface area contributed by atoms with E-state index in [4.69, 9.17) is 0 Å². The second-order valence-corrected chi connectivity index (χ2v) is 3.40. The van der Waals surface area contributed by atoms with Crippen LogP contribution >= 0.6 is 0 Å². The maximum atomic E-state index is 4.39. The molecule has 72 valence electrons. The third kappa shape index (κ3) is 1.64. The fraction of sp³-hybridized carbons (Fsp3) is 0.300. The molecule has 0 saturated heterocycles. The third-order valence-electron chi connectivity index (χ3n) is 1.99. The van der Waals surface area contributed by atoms with Crippen molar-refractivity contribution < 1.29 is 0 Å². The van der Waals surface area contributed by atoms with Crippen LogP contribution in [0, 0.1) is 0 Å². The number of aromatic nitrogens is 4. The van der Waals surface area contributed by atoms with E-state index in [0.717, 1.165) is 11.5 Å². The van der Waals surface area contributed by atoms with E-state index in [1.165, 1.54) is 0 Å². The van der Waals surface area contributed by atoms with E-state index in [2.05, 4.69) is 28.9 Å². The van der Waals surface area contributed by atoms with E-state index < -0.39 is 0 Å². The Morgan fingerprint density at radius 1 is 1.29 bits per heavy atom. The van der Waals surface area contributed by atoms with Crippen LogP contribution < -0.4 is 0 Å². The fourth-order valence-electron chi connectivity index (χ4n) is 1.18. The predicted octanol–water partition coefficient (Wildman–Crippen LogP) is 1.79. The molecular weight excluding hydrogens is 176 g/mol. The van der Waals surface area contributed by atoms with E-state index in [-0.39, 0.29) is 0 Å². The Morgan fingerprint density at radius 2 is 2.14 bits per heavy atom. The first-order chi connectivity index (χ1) is 6.77. The minimum atomic E-state index is 0.438. The van der Waals surface area contributed by atoms with Crippen molar-refractivity contribution in [3.05, 3.63) is 36.5 Å². The molecule has 2 aromatic heterocycles. The number of hydrogen-bond acceptors (Lipinski definition) is 3. The summed E-state index contributed by atoms with van der Waals surface area (Å²) in [6.07, 6.45) is 6.90. The molecule has 2 rings (SSSR count). The second-order valence-electron chi connectivity index (χ2n) is 3.40. The highest BCUT2D eigenvalue weighted by molar-refractivity contribution is 5.17. The monoisotopic (exact) mass is 188 g/mol. The lowest BCUT2D eigenvalue weighted by molar-refractivity contribution is 0.755. The highest BCUT2D eigenvalue weighted by Crippen LogP contribution is 2.11. The van der Waals surface area contributed by atoms with Gasteiger partial charge in [0.25, 0.3) is 0 Å². The summed E-state index contributed by atoms with van der Waals surface area (Å²) >= 11 is 0. The van der Waals surface area contributed by atoms with Gasteiger partial charge < -0.3 is 0 Å². The molecule has 0 aliphatic rings. The van der Waals surface area contributed by atoms with Crippen molar-refractivity contribution in [1.82, 2.24) is 19.7 Å². The van der Waals surface area contributed by atoms with Crippen molar-refractivity contribution in [2.45, 2.75) is 19.8 Å². The van der Waals surface area contributed by atoms with Gasteiger partial charge in [0.05, 0.1) is 11.9 Å². The van der Waals surface area contributed by atoms with Crippen LogP contribution in [0.2, 0.25) is 0 Å².